The van der Waals surface area contributed by atoms with Crippen molar-refractivity contribution in [2.45, 2.75) is 19.2 Å². The molecule has 0 N–H and O–H groups in total. The summed E-state index contributed by atoms with van der Waals surface area (Å²) in [7, 11) is 0.799. The van der Waals surface area contributed by atoms with Crippen LogP contribution in [0.25, 0.3) is 0 Å². The van der Waals surface area contributed by atoms with Gasteiger partial charge in [-0.15, -0.1) is 0 Å². The van der Waals surface area contributed by atoms with Gasteiger partial charge in [0.2, 0.25) is 10.0 Å². The van der Waals surface area contributed by atoms with Crippen LogP contribution in [0, 0.1) is 18.3 Å². The van der Waals surface area contributed by atoms with Crippen LogP contribution >= 0.6 is 0 Å². The highest BCUT2D eigenvalue weighted by Crippen LogP contribution is 2.44. The minimum atomic E-state index is -3.33. The number of hydrogen-bond donors (Lipinski definition) is 0. The molecule has 8 heteroatoms. The number of aryl methyl sites for hydroxylation is 1. The van der Waals surface area contributed by atoms with Gasteiger partial charge in [0, 0.05) is 50.7 Å². The van der Waals surface area contributed by atoms with Crippen LogP contribution in [0.1, 0.15) is 17.0 Å². The smallest absolute Gasteiger partial charge is 0.218 e. The average Bonchev–Trinajstić information content (AvgIpc) is 3.27. The van der Waals surface area contributed by atoms with E-state index in [-0.39, 0.29) is 11.2 Å². The summed E-state index contributed by atoms with van der Waals surface area (Å²) >= 11 is 0. The van der Waals surface area contributed by atoms with Crippen LogP contribution in [0.3, 0.4) is 0 Å². The fourth-order valence-electron chi connectivity index (χ4n) is 5.03. The van der Waals surface area contributed by atoms with Crippen molar-refractivity contribution >= 4 is 10.0 Å². The number of fused-ring (bicyclic) bond motifs is 1. The van der Waals surface area contributed by atoms with Crippen molar-refractivity contribution in [3.05, 3.63) is 53.4 Å². The number of rotatable bonds is 7. The molecule has 2 aliphatic rings. The summed E-state index contributed by atoms with van der Waals surface area (Å²) in [5.41, 5.74) is 1.73. The SMILES string of the molecule is Cc1cc(CN2C[C@H]3CN(S(=O)(=O)Cc4ccccc4)C[C@@]3(CN(C)C)C2)no1. The molecule has 0 unspecified atom stereocenters. The summed E-state index contributed by atoms with van der Waals surface area (Å²) in [5, 5.41) is 4.12. The van der Waals surface area contributed by atoms with E-state index in [1.807, 2.05) is 43.3 Å². The van der Waals surface area contributed by atoms with Gasteiger partial charge in [0.05, 0.1) is 11.4 Å². The molecule has 0 radical (unpaired) electrons. The fourth-order valence-corrected chi connectivity index (χ4v) is 6.68. The van der Waals surface area contributed by atoms with Gasteiger partial charge in [-0.05, 0) is 32.5 Å². The largest absolute Gasteiger partial charge is 0.361 e. The highest BCUT2D eigenvalue weighted by atomic mass is 32.2. The van der Waals surface area contributed by atoms with Gasteiger partial charge in [0.15, 0.2) is 0 Å². The van der Waals surface area contributed by atoms with Crippen molar-refractivity contribution in [3.8, 4) is 0 Å². The normalized spacial score (nSPS) is 25.7. The molecule has 2 aliphatic heterocycles. The highest BCUT2D eigenvalue weighted by molar-refractivity contribution is 7.88. The molecule has 1 aromatic carbocycles. The second-order valence-electron chi connectivity index (χ2n) is 8.93. The molecule has 29 heavy (non-hydrogen) atoms. The van der Waals surface area contributed by atoms with E-state index in [0.29, 0.717) is 19.0 Å². The van der Waals surface area contributed by atoms with Gasteiger partial charge in [-0.3, -0.25) is 4.90 Å². The maximum absolute atomic E-state index is 13.1. The van der Waals surface area contributed by atoms with Crippen molar-refractivity contribution in [1.29, 1.82) is 0 Å². The number of aromatic nitrogens is 1. The van der Waals surface area contributed by atoms with E-state index in [0.717, 1.165) is 43.2 Å². The lowest BCUT2D eigenvalue weighted by atomic mass is 9.80. The van der Waals surface area contributed by atoms with E-state index in [1.165, 1.54) is 0 Å². The third-order valence-corrected chi connectivity index (χ3v) is 7.84. The zero-order valence-corrected chi connectivity index (χ0v) is 18.2. The summed E-state index contributed by atoms with van der Waals surface area (Å²) in [6.07, 6.45) is 0. The Labute approximate surface area is 173 Å². The maximum atomic E-state index is 13.1. The molecular formula is C21H30N4O3S. The van der Waals surface area contributed by atoms with Crippen molar-refractivity contribution in [2.24, 2.45) is 11.3 Å². The first-order valence-corrected chi connectivity index (χ1v) is 11.7. The van der Waals surface area contributed by atoms with Gasteiger partial charge in [-0.2, -0.15) is 0 Å². The van der Waals surface area contributed by atoms with Gasteiger partial charge < -0.3 is 9.42 Å². The zero-order chi connectivity index (χ0) is 20.6. The van der Waals surface area contributed by atoms with Crippen LogP contribution in [-0.4, -0.2) is 74.5 Å². The van der Waals surface area contributed by atoms with Crippen molar-refractivity contribution in [1.82, 2.24) is 19.3 Å². The van der Waals surface area contributed by atoms with Gasteiger partial charge in [-0.1, -0.05) is 35.5 Å². The Bertz CT molecular complexity index is 944. The molecule has 4 rings (SSSR count). The first-order valence-electron chi connectivity index (χ1n) is 10.1. The van der Waals surface area contributed by atoms with Crippen molar-refractivity contribution in [2.75, 3.05) is 46.8 Å². The van der Waals surface area contributed by atoms with E-state index in [2.05, 4.69) is 29.1 Å². The number of benzene rings is 1. The molecule has 0 spiro atoms. The van der Waals surface area contributed by atoms with Gasteiger partial charge in [-0.25, -0.2) is 12.7 Å². The summed E-state index contributed by atoms with van der Waals surface area (Å²) in [6.45, 7) is 6.47. The lowest BCUT2D eigenvalue weighted by Crippen LogP contribution is -2.43. The molecule has 2 saturated heterocycles. The Kier molecular flexibility index (Phi) is 5.54. The summed E-state index contributed by atoms with van der Waals surface area (Å²) in [6, 6.07) is 11.4. The third-order valence-electron chi connectivity index (χ3n) is 6.08. The van der Waals surface area contributed by atoms with E-state index in [9.17, 15) is 8.42 Å². The lowest BCUT2D eigenvalue weighted by Gasteiger charge is -2.32. The van der Waals surface area contributed by atoms with Gasteiger partial charge in [0.1, 0.15) is 5.76 Å². The van der Waals surface area contributed by atoms with Crippen LogP contribution in [0.5, 0.6) is 0 Å². The molecule has 0 saturated carbocycles. The molecule has 0 aliphatic carbocycles. The molecule has 2 atom stereocenters. The quantitative estimate of drug-likeness (QED) is 0.683. The van der Waals surface area contributed by atoms with E-state index >= 15 is 0 Å². The zero-order valence-electron chi connectivity index (χ0n) is 17.4. The Hall–Kier alpha value is -1.74. The standard InChI is InChI=1S/C21H30N4O3S/c1-17-9-20(22-28-17)12-24-10-19-11-25(16-21(19,15-24)14-23(2)3)29(26,27)13-18-7-5-4-6-8-18/h4-9,19H,10-16H2,1-3H3/t19-,21+/m0/s1. The first-order chi connectivity index (χ1) is 13.8. The van der Waals surface area contributed by atoms with Crippen LogP contribution < -0.4 is 0 Å². The molecule has 2 fully saturated rings. The second kappa shape index (κ2) is 7.83. The average molecular weight is 419 g/mol. The minimum Gasteiger partial charge on any atom is -0.361 e. The Balaban J connectivity index is 1.49. The predicted molar refractivity (Wildman–Crippen MR) is 112 cm³/mol. The molecule has 0 amide bonds. The van der Waals surface area contributed by atoms with Crippen LogP contribution in [0.15, 0.2) is 40.9 Å². The number of nitrogens with zero attached hydrogens (tertiary/aromatic N) is 4. The Morgan fingerprint density at radius 2 is 1.97 bits per heavy atom. The molecule has 3 heterocycles. The minimum absolute atomic E-state index is 0.0496. The monoisotopic (exact) mass is 418 g/mol. The summed E-state index contributed by atoms with van der Waals surface area (Å²) < 4.78 is 33.2. The van der Waals surface area contributed by atoms with E-state index in [1.54, 1.807) is 4.31 Å². The molecule has 0 bridgehead atoms. The maximum Gasteiger partial charge on any atom is 0.218 e. The van der Waals surface area contributed by atoms with Crippen molar-refractivity contribution < 1.29 is 12.9 Å². The lowest BCUT2D eigenvalue weighted by molar-refractivity contribution is 0.177. The number of hydrogen-bond acceptors (Lipinski definition) is 6. The Morgan fingerprint density at radius 1 is 1.21 bits per heavy atom. The molecule has 2 aromatic rings. The fraction of sp³-hybridized carbons (Fsp3) is 0.571. The number of sulfonamides is 1. The van der Waals surface area contributed by atoms with Gasteiger partial charge >= 0.3 is 0 Å². The van der Waals surface area contributed by atoms with E-state index < -0.39 is 10.0 Å². The van der Waals surface area contributed by atoms with Crippen molar-refractivity contribution in [3.63, 3.8) is 0 Å². The Morgan fingerprint density at radius 3 is 2.62 bits per heavy atom. The molecule has 7 nitrogen and oxygen atoms in total. The van der Waals surface area contributed by atoms with Crippen LogP contribution in [0.2, 0.25) is 0 Å². The molecular weight excluding hydrogens is 388 g/mol. The third kappa shape index (κ3) is 4.40. The van der Waals surface area contributed by atoms with Gasteiger partial charge in [0.25, 0.3) is 0 Å². The summed E-state index contributed by atoms with van der Waals surface area (Å²) in [5.74, 6) is 1.21. The molecule has 158 valence electrons. The number of likely N-dealkylation sites (tertiary alicyclic amines) is 1. The first kappa shape index (κ1) is 20.5. The van der Waals surface area contributed by atoms with Crippen LogP contribution in [0.4, 0.5) is 0 Å². The molecule has 1 aromatic heterocycles. The predicted octanol–water partition coefficient (Wildman–Crippen LogP) is 1.81. The highest BCUT2D eigenvalue weighted by Gasteiger charge is 2.54. The second-order valence-corrected chi connectivity index (χ2v) is 10.9. The van der Waals surface area contributed by atoms with E-state index in [4.69, 9.17) is 4.52 Å². The van der Waals surface area contributed by atoms with Crippen LogP contribution in [-0.2, 0) is 22.3 Å². The summed E-state index contributed by atoms with van der Waals surface area (Å²) in [4.78, 5) is 4.58. The topological polar surface area (TPSA) is 69.9 Å².